The molecule has 0 aromatic carbocycles. The highest BCUT2D eigenvalue weighted by atomic mass is 31.2. The Hall–Kier alpha value is -1.51. The third-order valence-electron chi connectivity index (χ3n) is 9.38. The molecule has 1 amide bonds. The molecule has 0 radical (unpaired) electrons. The van der Waals surface area contributed by atoms with Crippen molar-refractivity contribution in [2.75, 3.05) is 26.4 Å². The Morgan fingerprint density at radius 3 is 1.55 bits per heavy atom. The number of nitrogens with one attached hydrogen (secondary N) is 1. The number of unbranched alkanes of at least 4 members (excludes halogenated alkanes) is 24. The number of aliphatic hydroxyl groups is 1. The van der Waals surface area contributed by atoms with Crippen LogP contribution in [0.25, 0.3) is 0 Å². The quantitative estimate of drug-likeness (QED) is 0.0242. The summed E-state index contributed by atoms with van der Waals surface area (Å²) in [7, 11) is -4.41. The summed E-state index contributed by atoms with van der Waals surface area (Å²) in [6.07, 6.45) is 42.5. The number of allylic oxidation sites excluding steroid dienone is 4. The van der Waals surface area contributed by atoms with Crippen LogP contribution in [0.15, 0.2) is 24.3 Å². The van der Waals surface area contributed by atoms with Crippen LogP contribution in [0.4, 0.5) is 0 Å². The summed E-state index contributed by atoms with van der Waals surface area (Å²) < 4.78 is 26.8. The number of amides is 1. The monoisotopic (exact) mass is 772 g/mol. The van der Waals surface area contributed by atoms with E-state index in [1.807, 2.05) is 0 Å². The zero-order chi connectivity index (χ0) is 38.9. The minimum Gasteiger partial charge on any atom is -0.463 e. The molecule has 0 aliphatic carbocycles. The maximum Gasteiger partial charge on any atom is 0.472 e. The molecule has 0 aromatic rings. The first-order chi connectivity index (χ1) is 25.8. The van der Waals surface area contributed by atoms with E-state index >= 15 is 0 Å². The summed E-state index contributed by atoms with van der Waals surface area (Å²) in [6.45, 7) is 3.53. The van der Waals surface area contributed by atoms with Crippen molar-refractivity contribution in [3.63, 3.8) is 0 Å². The van der Waals surface area contributed by atoms with Gasteiger partial charge in [0.15, 0.2) is 0 Å². The van der Waals surface area contributed by atoms with Gasteiger partial charge in [-0.15, -0.1) is 0 Å². The fourth-order valence-electron chi connectivity index (χ4n) is 6.06. The largest absolute Gasteiger partial charge is 0.472 e. The Kier molecular flexibility index (Phi) is 39.0. The van der Waals surface area contributed by atoms with Crippen LogP contribution >= 0.6 is 7.82 Å². The van der Waals surface area contributed by atoms with E-state index in [0.717, 1.165) is 44.9 Å². The molecule has 312 valence electrons. The van der Waals surface area contributed by atoms with Gasteiger partial charge in [-0.25, -0.2) is 4.57 Å². The van der Waals surface area contributed by atoms with Crippen LogP contribution < -0.4 is 5.32 Å². The fraction of sp³-hybridized carbons (Fsp3) is 0.860. The highest BCUT2D eigenvalue weighted by Gasteiger charge is 2.23. The first-order valence-corrected chi connectivity index (χ1v) is 23.3. The molecular formula is C43H82NO8P. The van der Waals surface area contributed by atoms with Crippen molar-refractivity contribution in [3.05, 3.63) is 24.3 Å². The van der Waals surface area contributed by atoms with Crippen LogP contribution in [0.2, 0.25) is 0 Å². The molecule has 0 spiro atoms. The molecule has 0 aliphatic heterocycles. The van der Waals surface area contributed by atoms with E-state index in [0.29, 0.717) is 6.42 Å². The van der Waals surface area contributed by atoms with Crippen LogP contribution in [0.3, 0.4) is 0 Å². The maximum atomic E-state index is 12.1. The van der Waals surface area contributed by atoms with Crippen LogP contribution in [0.5, 0.6) is 0 Å². The van der Waals surface area contributed by atoms with Gasteiger partial charge in [0, 0.05) is 19.4 Å². The van der Waals surface area contributed by atoms with Gasteiger partial charge in [-0.05, 0) is 44.9 Å². The number of phosphoric ester groups is 1. The van der Waals surface area contributed by atoms with Gasteiger partial charge >= 0.3 is 13.8 Å². The number of rotatable bonds is 41. The van der Waals surface area contributed by atoms with Crippen molar-refractivity contribution in [2.45, 2.75) is 213 Å². The molecule has 0 saturated heterocycles. The van der Waals surface area contributed by atoms with Crippen molar-refractivity contribution in [3.8, 4) is 0 Å². The average molecular weight is 772 g/mol. The van der Waals surface area contributed by atoms with Gasteiger partial charge in [-0.3, -0.25) is 18.6 Å². The second kappa shape index (κ2) is 40.2. The Bertz CT molecular complexity index is 928. The predicted molar refractivity (Wildman–Crippen MR) is 220 cm³/mol. The van der Waals surface area contributed by atoms with Crippen LogP contribution in [0.1, 0.15) is 206 Å². The Labute approximate surface area is 325 Å². The number of aliphatic hydroxyl groups excluding tert-OH is 1. The first-order valence-electron chi connectivity index (χ1n) is 21.8. The SMILES string of the molecule is CCCCC/C=C\C/C=C\CCCCCCCCCCCCCC(=O)OCC(O)COP(=O)(O)OCCNC(=O)CCCCCCCCCCCCC. The molecule has 10 heteroatoms. The molecule has 53 heavy (non-hydrogen) atoms. The van der Waals surface area contributed by atoms with Crippen molar-refractivity contribution in [2.24, 2.45) is 0 Å². The van der Waals surface area contributed by atoms with Crippen LogP contribution in [-0.4, -0.2) is 54.3 Å². The summed E-state index contributed by atoms with van der Waals surface area (Å²) in [4.78, 5) is 33.8. The summed E-state index contributed by atoms with van der Waals surface area (Å²) >= 11 is 0. The van der Waals surface area contributed by atoms with E-state index in [2.05, 4.69) is 43.5 Å². The zero-order valence-corrected chi connectivity index (χ0v) is 35.1. The molecule has 0 bridgehead atoms. The minimum absolute atomic E-state index is 0.0848. The second-order valence-corrected chi connectivity index (χ2v) is 16.1. The summed E-state index contributed by atoms with van der Waals surface area (Å²) in [6, 6.07) is 0. The van der Waals surface area contributed by atoms with E-state index in [4.69, 9.17) is 13.8 Å². The van der Waals surface area contributed by atoms with Gasteiger partial charge in [0.25, 0.3) is 0 Å². The molecule has 0 aromatic heterocycles. The third kappa shape index (κ3) is 41.5. The van der Waals surface area contributed by atoms with Gasteiger partial charge in [0.1, 0.15) is 12.7 Å². The molecular weight excluding hydrogens is 689 g/mol. The van der Waals surface area contributed by atoms with Gasteiger partial charge in [0.2, 0.25) is 5.91 Å². The number of esters is 1. The van der Waals surface area contributed by atoms with Crippen LogP contribution in [-0.2, 0) is 27.9 Å². The smallest absolute Gasteiger partial charge is 0.463 e. The summed E-state index contributed by atoms with van der Waals surface area (Å²) in [5, 5.41) is 12.7. The molecule has 2 unspecified atom stereocenters. The second-order valence-electron chi connectivity index (χ2n) is 14.7. The fourth-order valence-corrected chi connectivity index (χ4v) is 6.81. The molecule has 0 heterocycles. The lowest BCUT2D eigenvalue weighted by Crippen LogP contribution is -2.27. The maximum absolute atomic E-state index is 12.1. The van der Waals surface area contributed by atoms with Gasteiger partial charge in [0.05, 0.1) is 13.2 Å². The van der Waals surface area contributed by atoms with E-state index in [9.17, 15) is 24.2 Å². The topological polar surface area (TPSA) is 131 Å². The zero-order valence-electron chi connectivity index (χ0n) is 34.2. The van der Waals surface area contributed by atoms with E-state index in [1.54, 1.807) is 0 Å². The van der Waals surface area contributed by atoms with Gasteiger partial charge in [-0.2, -0.15) is 0 Å². The Morgan fingerprint density at radius 1 is 0.585 bits per heavy atom. The number of carbonyl (C=O) groups excluding carboxylic acids is 2. The molecule has 0 rings (SSSR count). The lowest BCUT2D eigenvalue weighted by atomic mass is 10.0. The van der Waals surface area contributed by atoms with Crippen molar-refractivity contribution in [1.29, 1.82) is 0 Å². The third-order valence-corrected chi connectivity index (χ3v) is 10.4. The average Bonchev–Trinajstić information content (AvgIpc) is 3.14. The number of carbonyl (C=O) groups is 2. The van der Waals surface area contributed by atoms with Gasteiger partial charge < -0.3 is 20.1 Å². The molecule has 2 atom stereocenters. The summed E-state index contributed by atoms with van der Waals surface area (Å²) in [5.41, 5.74) is 0. The van der Waals surface area contributed by atoms with Crippen molar-refractivity contribution >= 4 is 19.7 Å². The Morgan fingerprint density at radius 2 is 1.02 bits per heavy atom. The molecule has 9 nitrogen and oxygen atoms in total. The first kappa shape index (κ1) is 51.5. The van der Waals surface area contributed by atoms with E-state index < -0.39 is 26.5 Å². The number of hydrogen-bond donors (Lipinski definition) is 3. The highest BCUT2D eigenvalue weighted by molar-refractivity contribution is 7.47. The minimum atomic E-state index is -4.41. The molecule has 3 N–H and O–H groups in total. The standard InChI is InChI=1S/C43H82NO8P/c1-3-5-7-9-11-13-15-16-17-18-19-20-21-22-23-24-26-28-30-32-34-36-43(47)50-39-41(45)40-52-53(48,49)51-38-37-44-42(46)35-33-31-29-27-25-14-12-10-8-6-4-2/h11,13,16-17,41,45H,3-10,12,14-15,18-40H2,1-2H3,(H,44,46)(H,48,49)/b13-11-,17-16-. The lowest BCUT2D eigenvalue weighted by molar-refractivity contribution is -0.147. The Balaban J connectivity index is 3.56. The van der Waals surface area contributed by atoms with E-state index in [1.165, 1.54) is 135 Å². The number of ether oxygens (including phenoxy) is 1. The van der Waals surface area contributed by atoms with Crippen LogP contribution in [0, 0.1) is 0 Å². The van der Waals surface area contributed by atoms with Crippen molar-refractivity contribution < 1.29 is 37.9 Å². The molecule has 0 saturated carbocycles. The van der Waals surface area contributed by atoms with E-state index in [-0.39, 0.29) is 32.1 Å². The van der Waals surface area contributed by atoms with Crippen molar-refractivity contribution in [1.82, 2.24) is 5.32 Å². The predicted octanol–water partition coefficient (Wildman–Crippen LogP) is 12.0. The normalized spacial score (nSPS) is 13.5. The van der Waals surface area contributed by atoms with Gasteiger partial charge in [-0.1, -0.05) is 173 Å². The summed E-state index contributed by atoms with van der Waals surface area (Å²) in [5.74, 6) is -0.514. The number of hydrogen-bond acceptors (Lipinski definition) is 7. The molecule has 0 aliphatic rings. The highest BCUT2D eigenvalue weighted by Crippen LogP contribution is 2.42. The lowest BCUT2D eigenvalue weighted by Gasteiger charge is -2.15. The molecule has 0 fully saturated rings. The number of phosphoric acid groups is 1.